The smallest absolute Gasteiger partial charge is 0.163 e. The first-order chi connectivity index (χ1) is 11.2. The van der Waals surface area contributed by atoms with E-state index in [1.165, 1.54) is 25.3 Å². The van der Waals surface area contributed by atoms with Gasteiger partial charge in [-0.05, 0) is 18.6 Å². The van der Waals surface area contributed by atoms with E-state index in [1.54, 1.807) is 17.5 Å². The summed E-state index contributed by atoms with van der Waals surface area (Å²) in [5.74, 6) is 0.404. The van der Waals surface area contributed by atoms with Gasteiger partial charge < -0.3 is 14.6 Å². The van der Waals surface area contributed by atoms with Crippen molar-refractivity contribution in [1.82, 2.24) is 9.88 Å². The maximum Gasteiger partial charge on any atom is 0.163 e. The highest BCUT2D eigenvalue weighted by atomic mass is 32.1. The van der Waals surface area contributed by atoms with Crippen LogP contribution in [-0.2, 0) is 6.54 Å². The normalized spacial score (nSPS) is 22.0. The van der Waals surface area contributed by atoms with Crippen molar-refractivity contribution in [2.75, 3.05) is 20.2 Å². The number of nitrogens with zero attached hydrogens (tertiary/aromatic N) is 2. The summed E-state index contributed by atoms with van der Waals surface area (Å²) in [4.78, 5) is 6.42. The van der Waals surface area contributed by atoms with Crippen LogP contribution < -0.4 is 9.47 Å². The van der Waals surface area contributed by atoms with Gasteiger partial charge in [0.2, 0.25) is 0 Å². The molecule has 124 valence electrons. The lowest BCUT2D eigenvalue weighted by Crippen LogP contribution is -2.48. The number of hydrogen-bond acceptors (Lipinski definition) is 6. The molecule has 0 bridgehead atoms. The molecule has 0 radical (unpaired) electrons. The SMILES string of the molecule is COc1cc(F)ccc1O[C@@H]1CCN(Cc2nccs2)C[C@H]1O. The zero-order chi connectivity index (χ0) is 16.2. The fourth-order valence-corrected chi connectivity index (χ4v) is 3.34. The summed E-state index contributed by atoms with van der Waals surface area (Å²) in [5.41, 5.74) is 0. The quantitative estimate of drug-likeness (QED) is 0.907. The summed E-state index contributed by atoms with van der Waals surface area (Å²) in [6.45, 7) is 2.07. The van der Waals surface area contributed by atoms with Gasteiger partial charge in [0.1, 0.15) is 23.0 Å². The van der Waals surface area contributed by atoms with Crippen molar-refractivity contribution in [3.05, 3.63) is 40.6 Å². The summed E-state index contributed by atoms with van der Waals surface area (Å²) < 4.78 is 24.2. The molecule has 0 amide bonds. The van der Waals surface area contributed by atoms with E-state index < -0.39 is 6.10 Å². The van der Waals surface area contributed by atoms with Crippen LogP contribution in [0, 0.1) is 5.82 Å². The number of piperidine rings is 1. The van der Waals surface area contributed by atoms with Gasteiger partial charge in [-0.15, -0.1) is 11.3 Å². The molecular weight excluding hydrogens is 319 g/mol. The topological polar surface area (TPSA) is 54.8 Å². The predicted molar refractivity (Wildman–Crippen MR) is 85.4 cm³/mol. The maximum absolute atomic E-state index is 13.2. The molecule has 3 rings (SSSR count). The number of benzene rings is 1. The third-order valence-corrected chi connectivity index (χ3v) is 4.61. The second-order valence-corrected chi connectivity index (χ2v) is 6.45. The third-order valence-electron chi connectivity index (χ3n) is 3.85. The molecule has 1 saturated heterocycles. The van der Waals surface area contributed by atoms with Crippen molar-refractivity contribution >= 4 is 11.3 Å². The molecule has 23 heavy (non-hydrogen) atoms. The summed E-state index contributed by atoms with van der Waals surface area (Å²) in [6.07, 6.45) is 1.53. The Bertz CT molecular complexity index is 638. The second kappa shape index (κ2) is 7.25. The Hall–Kier alpha value is -1.70. The average molecular weight is 338 g/mol. The van der Waals surface area contributed by atoms with Crippen LogP contribution in [0.1, 0.15) is 11.4 Å². The van der Waals surface area contributed by atoms with E-state index in [4.69, 9.17) is 9.47 Å². The van der Waals surface area contributed by atoms with Gasteiger partial charge in [0.15, 0.2) is 11.5 Å². The molecule has 1 aromatic heterocycles. The number of rotatable bonds is 5. The van der Waals surface area contributed by atoms with Gasteiger partial charge in [0.05, 0.1) is 13.7 Å². The number of ether oxygens (including phenoxy) is 2. The van der Waals surface area contributed by atoms with E-state index in [2.05, 4.69) is 9.88 Å². The van der Waals surface area contributed by atoms with Crippen LogP contribution in [0.5, 0.6) is 11.5 Å². The molecule has 2 aromatic rings. The highest BCUT2D eigenvalue weighted by Crippen LogP contribution is 2.30. The molecule has 1 aromatic carbocycles. The standard InChI is InChI=1S/C16H19FN2O3S/c1-21-15-8-11(17)2-3-14(15)22-13-4-6-19(9-12(13)20)10-16-18-5-7-23-16/h2-3,5,7-8,12-13,20H,4,6,9-10H2,1H3/t12-,13-/m1/s1. The van der Waals surface area contributed by atoms with Crippen molar-refractivity contribution in [2.45, 2.75) is 25.2 Å². The minimum Gasteiger partial charge on any atom is -0.493 e. The van der Waals surface area contributed by atoms with Crippen molar-refractivity contribution in [1.29, 1.82) is 0 Å². The molecule has 1 aliphatic heterocycles. The van der Waals surface area contributed by atoms with Crippen LogP contribution in [0.4, 0.5) is 4.39 Å². The van der Waals surface area contributed by atoms with Gasteiger partial charge >= 0.3 is 0 Å². The van der Waals surface area contributed by atoms with Gasteiger partial charge in [-0.1, -0.05) is 0 Å². The van der Waals surface area contributed by atoms with Crippen LogP contribution in [0.25, 0.3) is 0 Å². The molecule has 0 unspecified atom stereocenters. The zero-order valence-corrected chi connectivity index (χ0v) is 13.6. The Morgan fingerprint density at radius 2 is 2.30 bits per heavy atom. The number of likely N-dealkylation sites (tertiary alicyclic amines) is 1. The first-order valence-electron chi connectivity index (χ1n) is 7.44. The lowest BCUT2D eigenvalue weighted by atomic mass is 10.0. The molecule has 0 aliphatic carbocycles. The molecule has 2 atom stereocenters. The van der Waals surface area contributed by atoms with Crippen LogP contribution in [-0.4, -0.2) is 47.4 Å². The third kappa shape index (κ3) is 3.99. The highest BCUT2D eigenvalue weighted by molar-refractivity contribution is 7.09. The molecule has 0 spiro atoms. The fraction of sp³-hybridized carbons (Fsp3) is 0.438. The summed E-state index contributed by atoms with van der Waals surface area (Å²) in [5, 5.41) is 13.3. The molecule has 5 nitrogen and oxygen atoms in total. The maximum atomic E-state index is 13.2. The van der Waals surface area contributed by atoms with Gasteiger partial charge in [0, 0.05) is 30.7 Å². The predicted octanol–water partition coefficient (Wildman–Crippen LogP) is 2.31. The number of thiazole rings is 1. The Balaban J connectivity index is 1.60. The van der Waals surface area contributed by atoms with Crippen LogP contribution in [0.2, 0.25) is 0 Å². The Morgan fingerprint density at radius 1 is 1.43 bits per heavy atom. The summed E-state index contributed by atoms with van der Waals surface area (Å²) >= 11 is 1.61. The van der Waals surface area contributed by atoms with Crippen molar-refractivity contribution in [2.24, 2.45) is 0 Å². The molecule has 7 heteroatoms. The Labute approximate surface area is 138 Å². The number of aromatic nitrogens is 1. The summed E-state index contributed by atoms with van der Waals surface area (Å²) in [7, 11) is 1.47. The number of aliphatic hydroxyl groups excluding tert-OH is 1. The van der Waals surface area contributed by atoms with E-state index in [1.807, 2.05) is 5.38 Å². The van der Waals surface area contributed by atoms with Crippen LogP contribution in [0.15, 0.2) is 29.8 Å². The monoisotopic (exact) mass is 338 g/mol. The molecule has 1 N–H and O–H groups in total. The number of hydrogen-bond donors (Lipinski definition) is 1. The lowest BCUT2D eigenvalue weighted by molar-refractivity contribution is -0.0283. The number of methoxy groups -OCH3 is 1. The van der Waals surface area contributed by atoms with E-state index in [-0.39, 0.29) is 11.9 Å². The van der Waals surface area contributed by atoms with E-state index in [0.29, 0.717) is 24.5 Å². The first-order valence-corrected chi connectivity index (χ1v) is 8.32. The number of β-amino-alcohol motifs (C(OH)–C–C–N with tert-alkyl or cyclic N) is 1. The average Bonchev–Trinajstić information content (AvgIpc) is 3.04. The number of halogens is 1. The molecule has 1 fully saturated rings. The van der Waals surface area contributed by atoms with Crippen molar-refractivity contribution in [3.63, 3.8) is 0 Å². The van der Waals surface area contributed by atoms with E-state index in [0.717, 1.165) is 18.1 Å². The largest absolute Gasteiger partial charge is 0.493 e. The molecule has 2 heterocycles. The minimum atomic E-state index is -0.613. The zero-order valence-electron chi connectivity index (χ0n) is 12.8. The highest BCUT2D eigenvalue weighted by Gasteiger charge is 2.30. The van der Waals surface area contributed by atoms with Gasteiger partial charge in [-0.3, -0.25) is 4.90 Å². The van der Waals surface area contributed by atoms with Gasteiger partial charge in [0.25, 0.3) is 0 Å². The fourth-order valence-electron chi connectivity index (χ4n) is 2.68. The Morgan fingerprint density at radius 3 is 3.00 bits per heavy atom. The Kier molecular flexibility index (Phi) is 5.09. The van der Waals surface area contributed by atoms with Crippen LogP contribution >= 0.6 is 11.3 Å². The minimum absolute atomic E-state index is 0.332. The number of aliphatic hydroxyl groups is 1. The van der Waals surface area contributed by atoms with Crippen LogP contribution in [0.3, 0.4) is 0 Å². The van der Waals surface area contributed by atoms with E-state index >= 15 is 0 Å². The molecule has 1 aliphatic rings. The second-order valence-electron chi connectivity index (χ2n) is 5.47. The van der Waals surface area contributed by atoms with Crippen molar-refractivity contribution < 1.29 is 19.0 Å². The van der Waals surface area contributed by atoms with Crippen molar-refractivity contribution in [3.8, 4) is 11.5 Å². The summed E-state index contributed by atoms with van der Waals surface area (Å²) in [6, 6.07) is 4.13. The lowest BCUT2D eigenvalue weighted by Gasteiger charge is -2.35. The first kappa shape index (κ1) is 16.2. The van der Waals surface area contributed by atoms with Gasteiger partial charge in [-0.2, -0.15) is 0 Å². The molecule has 0 saturated carbocycles. The molecular formula is C16H19FN2O3S. The van der Waals surface area contributed by atoms with E-state index in [9.17, 15) is 9.50 Å². The van der Waals surface area contributed by atoms with Gasteiger partial charge in [-0.25, -0.2) is 9.37 Å².